The standard InChI is InChI=1S/C22H24FNO4/c1-15(25)12-18-20(23)21(26)19(24(18)13-16-8-4-2-5-9-16)14-28-22(27)17-10-6-3-7-11-17/h2-11,18-21,26H,12-14H2,1H3/t18-,19-,20-,21-/m1/s1. The molecule has 2 aromatic carbocycles. The normalized spacial score (nSPS) is 24.8. The number of carbonyl (C=O) groups is 2. The second kappa shape index (κ2) is 9.08. The molecule has 28 heavy (non-hydrogen) atoms. The van der Waals surface area contributed by atoms with E-state index in [9.17, 15) is 19.1 Å². The number of carbonyl (C=O) groups excluding carboxylic acids is 2. The molecule has 4 atom stereocenters. The number of benzene rings is 2. The molecule has 0 unspecified atom stereocenters. The van der Waals surface area contributed by atoms with Crippen LogP contribution in [0.15, 0.2) is 60.7 Å². The summed E-state index contributed by atoms with van der Waals surface area (Å²) in [6.07, 6.45) is -2.93. The SMILES string of the molecule is CC(=O)C[C@@H]1[C@@H](F)[C@H](O)[C@@H](COC(=O)c2ccccc2)N1Cc1ccccc1. The first-order chi connectivity index (χ1) is 13.5. The number of aliphatic hydroxyl groups excluding tert-OH is 1. The lowest BCUT2D eigenvalue weighted by Crippen LogP contribution is -2.42. The van der Waals surface area contributed by atoms with Gasteiger partial charge in [0.15, 0.2) is 0 Å². The van der Waals surface area contributed by atoms with Crippen molar-refractivity contribution in [1.82, 2.24) is 4.90 Å². The van der Waals surface area contributed by atoms with Gasteiger partial charge in [-0.15, -0.1) is 0 Å². The molecule has 1 heterocycles. The van der Waals surface area contributed by atoms with Gasteiger partial charge in [-0.2, -0.15) is 0 Å². The number of rotatable bonds is 7. The van der Waals surface area contributed by atoms with Gasteiger partial charge in [0.1, 0.15) is 24.7 Å². The van der Waals surface area contributed by atoms with Gasteiger partial charge in [-0.3, -0.25) is 9.69 Å². The van der Waals surface area contributed by atoms with Gasteiger partial charge in [0.25, 0.3) is 0 Å². The Labute approximate surface area is 163 Å². The van der Waals surface area contributed by atoms with Gasteiger partial charge in [-0.25, -0.2) is 9.18 Å². The molecule has 0 saturated carbocycles. The first-order valence-corrected chi connectivity index (χ1v) is 9.31. The Morgan fingerprint density at radius 1 is 1.04 bits per heavy atom. The van der Waals surface area contributed by atoms with Crippen LogP contribution in [0.1, 0.15) is 29.3 Å². The van der Waals surface area contributed by atoms with Crippen molar-refractivity contribution in [3.63, 3.8) is 0 Å². The predicted molar refractivity (Wildman–Crippen MR) is 102 cm³/mol. The van der Waals surface area contributed by atoms with E-state index in [-0.39, 0.29) is 18.8 Å². The fourth-order valence-electron chi connectivity index (χ4n) is 3.63. The third-order valence-electron chi connectivity index (χ3n) is 5.04. The molecule has 1 fully saturated rings. The van der Waals surface area contributed by atoms with Crippen LogP contribution < -0.4 is 0 Å². The number of likely N-dealkylation sites (tertiary alicyclic amines) is 1. The summed E-state index contributed by atoms with van der Waals surface area (Å²) < 4.78 is 20.2. The zero-order chi connectivity index (χ0) is 20.1. The quantitative estimate of drug-likeness (QED) is 0.743. The van der Waals surface area contributed by atoms with Crippen LogP contribution in [0.5, 0.6) is 0 Å². The van der Waals surface area contributed by atoms with Gasteiger partial charge >= 0.3 is 5.97 Å². The minimum absolute atomic E-state index is 0.00576. The van der Waals surface area contributed by atoms with E-state index in [2.05, 4.69) is 0 Å². The Morgan fingerprint density at radius 2 is 1.64 bits per heavy atom. The number of halogens is 1. The summed E-state index contributed by atoms with van der Waals surface area (Å²) in [5.74, 6) is -0.683. The molecule has 6 heteroatoms. The Kier molecular flexibility index (Phi) is 6.54. The number of aliphatic hydroxyl groups is 1. The summed E-state index contributed by atoms with van der Waals surface area (Å²) >= 11 is 0. The smallest absolute Gasteiger partial charge is 0.338 e. The summed E-state index contributed by atoms with van der Waals surface area (Å²) in [6, 6.07) is 16.4. The highest BCUT2D eigenvalue weighted by atomic mass is 19.1. The number of alkyl halides is 1. The minimum Gasteiger partial charge on any atom is -0.460 e. The second-order valence-corrected chi connectivity index (χ2v) is 7.10. The van der Waals surface area contributed by atoms with Crippen molar-refractivity contribution in [2.24, 2.45) is 0 Å². The molecule has 0 radical (unpaired) electrons. The van der Waals surface area contributed by atoms with Crippen LogP contribution in [0.2, 0.25) is 0 Å². The van der Waals surface area contributed by atoms with Crippen molar-refractivity contribution < 1.29 is 23.8 Å². The maximum absolute atomic E-state index is 14.8. The lowest BCUT2D eigenvalue weighted by atomic mass is 10.1. The molecule has 0 aliphatic carbocycles. The second-order valence-electron chi connectivity index (χ2n) is 7.10. The molecule has 1 N–H and O–H groups in total. The molecule has 1 aliphatic heterocycles. The van der Waals surface area contributed by atoms with E-state index in [1.165, 1.54) is 6.92 Å². The topological polar surface area (TPSA) is 66.8 Å². The Hall–Kier alpha value is -2.57. The first-order valence-electron chi connectivity index (χ1n) is 9.31. The summed E-state index contributed by atoms with van der Waals surface area (Å²) in [5.41, 5.74) is 1.32. The van der Waals surface area contributed by atoms with Gasteiger partial charge in [-0.05, 0) is 24.6 Å². The molecule has 0 bridgehead atoms. The van der Waals surface area contributed by atoms with Crippen molar-refractivity contribution in [3.05, 3.63) is 71.8 Å². The highest BCUT2D eigenvalue weighted by Crippen LogP contribution is 2.32. The molecule has 5 nitrogen and oxygen atoms in total. The van der Waals surface area contributed by atoms with E-state index >= 15 is 0 Å². The Morgan fingerprint density at radius 3 is 2.25 bits per heavy atom. The summed E-state index contributed by atoms with van der Waals surface area (Å²) in [5, 5.41) is 10.5. The van der Waals surface area contributed by atoms with Crippen molar-refractivity contribution >= 4 is 11.8 Å². The number of Topliss-reactive ketones (excluding diaryl/α,β-unsaturated/α-hetero) is 1. The zero-order valence-electron chi connectivity index (χ0n) is 15.7. The number of ether oxygens (including phenoxy) is 1. The zero-order valence-corrected chi connectivity index (χ0v) is 15.7. The lowest BCUT2D eigenvalue weighted by Gasteiger charge is -2.29. The molecular weight excluding hydrogens is 361 g/mol. The molecule has 0 aromatic heterocycles. The van der Waals surface area contributed by atoms with Crippen molar-refractivity contribution in [3.8, 4) is 0 Å². The number of hydrogen-bond donors (Lipinski definition) is 1. The van der Waals surface area contributed by atoms with E-state index < -0.39 is 30.3 Å². The number of nitrogens with zero attached hydrogens (tertiary/aromatic N) is 1. The van der Waals surface area contributed by atoms with Crippen LogP contribution in [-0.2, 0) is 16.1 Å². The molecular formula is C22H24FNO4. The summed E-state index contributed by atoms with van der Waals surface area (Å²) in [7, 11) is 0. The molecule has 3 rings (SSSR count). The molecule has 1 aliphatic rings. The number of hydrogen-bond acceptors (Lipinski definition) is 5. The average Bonchev–Trinajstić information content (AvgIpc) is 2.91. The number of esters is 1. The van der Waals surface area contributed by atoms with E-state index in [4.69, 9.17) is 4.74 Å². The maximum atomic E-state index is 14.8. The summed E-state index contributed by atoms with van der Waals surface area (Å²) in [4.78, 5) is 25.6. The highest BCUT2D eigenvalue weighted by Gasteiger charge is 2.49. The third kappa shape index (κ3) is 4.64. The van der Waals surface area contributed by atoms with E-state index in [0.717, 1.165) is 5.56 Å². The monoisotopic (exact) mass is 385 g/mol. The maximum Gasteiger partial charge on any atom is 0.338 e. The highest BCUT2D eigenvalue weighted by molar-refractivity contribution is 5.89. The summed E-state index contributed by atoms with van der Waals surface area (Å²) in [6.45, 7) is 1.60. The van der Waals surface area contributed by atoms with Gasteiger partial charge in [0.05, 0.1) is 17.6 Å². The fraction of sp³-hybridized carbons (Fsp3) is 0.364. The van der Waals surface area contributed by atoms with E-state index in [1.54, 1.807) is 35.2 Å². The van der Waals surface area contributed by atoms with Crippen molar-refractivity contribution in [2.75, 3.05) is 6.61 Å². The van der Waals surface area contributed by atoms with Crippen LogP contribution in [-0.4, -0.2) is 52.7 Å². The van der Waals surface area contributed by atoms with Crippen LogP contribution in [0.25, 0.3) is 0 Å². The van der Waals surface area contributed by atoms with E-state index in [1.807, 2.05) is 30.3 Å². The third-order valence-corrected chi connectivity index (χ3v) is 5.04. The molecule has 2 aromatic rings. The Bertz CT molecular complexity index is 799. The average molecular weight is 385 g/mol. The number of ketones is 1. The van der Waals surface area contributed by atoms with Gasteiger partial charge in [-0.1, -0.05) is 48.5 Å². The van der Waals surface area contributed by atoms with Gasteiger partial charge in [0.2, 0.25) is 0 Å². The van der Waals surface area contributed by atoms with Crippen molar-refractivity contribution in [1.29, 1.82) is 0 Å². The van der Waals surface area contributed by atoms with Gasteiger partial charge in [0, 0.05) is 13.0 Å². The Balaban J connectivity index is 1.77. The molecule has 1 saturated heterocycles. The van der Waals surface area contributed by atoms with Gasteiger partial charge < -0.3 is 9.84 Å². The minimum atomic E-state index is -1.59. The van der Waals surface area contributed by atoms with Crippen LogP contribution in [0.4, 0.5) is 4.39 Å². The predicted octanol–water partition coefficient (Wildman–Crippen LogP) is 2.77. The molecule has 0 amide bonds. The lowest BCUT2D eigenvalue weighted by molar-refractivity contribution is -0.118. The molecule has 148 valence electrons. The van der Waals surface area contributed by atoms with Crippen LogP contribution in [0, 0.1) is 0 Å². The molecule has 0 spiro atoms. The van der Waals surface area contributed by atoms with Crippen LogP contribution in [0.3, 0.4) is 0 Å². The first kappa shape index (κ1) is 20.2. The largest absolute Gasteiger partial charge is 0.460 e. The van der Waals surface area contributed by atoms with E-state index in [0.29, 0.717) is 12.1 Å². The van der Waals surface area contributed by atoms with Crippen molar-refractivity contribution in [2.45, 2.75) is 44.2 Å². The van der Waals surface area contributed by atoms with Crippen LogP contribution >= 0.6 is 0 Å². The fourth-order valence-corrected chi connectivity index (χ4v) is 3.63.